The molecule has 0 saturated heterocycles. The number of alkyl carbamates (subject to hydrolysis) is 1. The van der Waals surface area contributed by atoms with Crippen molar-refractivity contribution in [3.8, 4) is 6.07 Å². The van der Waals surface area contributed by atoms with E-state index >= 15 is 0 Å². The van der Waals surface area contributed by atoms with Crippen molar-refractivity contribution in [1.29, 1.82) is 5.26 Å². The second-order valence-electron chi connectivity index (χ2n) is 6.98. The minimum atomic E-state index is -0.663. The number of carbonyl (C=O) groups is 2. The van der Waals surface area contributed by atoms with Crippen LogP contribution in [0.3, 0.4) is 0 Å². The molecular weight excluding hydrogens is 306 g/mol. The molecule has 1 aliphatic rings. The van der Waals surface area contributed by atoms with E-state index in [1.807, 2.05) is 19.9 Å². The first kappa shape index (κ1) is 20.3. The Morgan fingerprint density at radius 2 is 1.96 bits per heavy atom. The molecule has 1 atom stereocenters. The third-order valence-electron chi connectivity index (χ3n) is 4.37. The predicted molar refractivity (Wildman–Crippen MR) is 92.2 cm³/mol. The first-order chi connectivity index (χ1) is 11.5. The first-order valence-corrected chi connectivity index (χ1v) is 9.11. The van der Waals surface area contributed by atoms with Crippen LogP contribution in [0.2, 0.25) is 0 Å². The molecule has 1 aliphatic carbocycles. The number of nitrogens with zero attached hydrogens (tertiary/aromatic N) is 1. The van der Waals surface area contributed by atoms with E-state index in [1.165, 1.54) is 32.1 Å². The van der Waals surface area contributed by atoms with Crippen molar-refractivity contribution < 1.29 is 14.3 Å². The molecule has 6 nitrogen and oxygen atoms in total. The lowest BCUT2D eigenvalue weighted by molar-refractivity contribution is -0.123. The van der Waals surface area contributed by atoms with Crippen molar-refractivity contribution in [2.75, 3.05) is 13.2 Å². The molecule has 24 heavy (non-hydrogen) atoms. The van der Waals surface area contributed by atoms with Crippen molar-refractivity contribution in [2.45, 2.75) is 71.3 Å². The van der Waals surface area contributed by atoms with Crippen LogP contribution < -0.4 is 10.6 Å². The summed E-state index contributed by atoms with van der Waals surface area (Å²) in [5.74, 6) is 0.676. The van der Waals surface area contributed by atoms with Gasteiger partial charge in [0.15, 0.2) is 0 Å². The lowest BCUT2D eigenvalue weighted by Crippen LogP contribution is -2.47. The molecule has 1 rings (SSSR count). The van der Waals surface area contributed by atoms with E-state index in [1.54, 1.807) is 0 Å². The molecule has 2 N–H and O–H groups in total. The average molecular weight is 337 g/mol. The quantitative estimate of drug-likeness (QED) is 0.499. The van der Waals surface area contributed by atoms with Gasteiger partial charge in [0.25, 0.3) is 0 Å². The van der Waals surface area contributed by atoms with Crippen molar-refractivity contribution in [2.24, 2.45) is 11.8 Å². The Balaban J connectivity index is 2.27. The highest BCUT2D eigenvalue weighted by Gasteiger charge is 2.22. The molecule has 2 amide bonds. The van der Waals surface area contributed by atoms with E-state index < -0.39 is 12.1 Å². The van der Waals surface area contributed by atoms with Crippen LogP contribution in [0.4, 0.5) is 4.79 Å². The topological polar surface area (TPSA) is 91.2 Å². The maximum atomic E-state index is 12.0. The Morgan fingerprint density at radius 3 is 2.58 bits per heavy atom. The zero-order chi connectivity index (χ0) is 17.8. The third kappa shape index (κ3) is 8.76. The maximum absolute atomic E-state index is 12.0. The summed E-state index contributed by atoms with van der Waals surface area (Å²) in [4.78, 5) is 23.9. The lowest BCUT2D eigenvalue weighted by Gasteiger charge is -2.21. The van der Waals surface area contributed by atoms with Gasteiger partial charge in [0.2, 0.25) is 5.91 Å². The number of ether oxygens (including phenoxy) is 1. The van der Waals surface area contributed by atoms with Gasteiger partial charge < -0.3 is 15.4 Å². The van der Waals surface area contributed by atoms with Crippen LogP contribution in [0, 0.1) is 23.2 Å². The standard InChI is InChI=1S/C18H31N3O3/c1-14(2)13-16(17(22)20-11-10-19)21-18(23)24-12-6-9-15-7-4-3-5-8-15/h14-16H,3-9,11-13H2,1-2H3,(H,20,22)(H,21,23)/t16-/m0/s1. The molecule has 0 aromatic rings. The van der Waals surface area contributed by atoms with Crippen LogP contribution in [-0.4, -0.2) is 31.2 Å². The number of amides is 2. The lowest BCUT2D eigenvalue weighted by atomic mass is 9.86. The Labute approximate surface area is 145 Å². The summed E-state index contributed by atoms with van der Waals surface area (Å²) in [6.45, 7) is 4.27. The highest BCUT2D eigenvalue weighted by atomic mass is 16.5. The van der Waals surface area contributed by atoms with Gasteiger partial charge >= 0.3 is 6.09 Å². The summed E-state index contributed by atoms with van der Waals surface area (Å²) in [7, 11) is 0. The smallest absolute Gasteiger partial charge is 0.407 e. The van der Waals surface area contributed by atoms with E-state index in [-0.39, 0.29) is 18.4 Å². The van der Waals surface area contributed by atoms with Gasteiger partial charge in [0.1, 0.15) is 12.6 Å². The van der Waals surface area contributed by atoms with Gasteiger partial charge in [0, 0.05) is 0 Å². The SMILES string of the molecule is CC(C)C[C@H](NC(=O)OCCCC1CCCCC1)C(=O)NCC#N. The molecule has 1 saturated carbocycles. The summed E-state index contributed by atoms with van der Waals surface area (Å²) in [6, 6.07) is 1.19. The molecule has 0 aromatic heterocycles. The van der Waals surface area contributed by atoms with Crippen LogP contribution in [-0.2, 0) is 9.53 Å². The number of nitrogens with one attached hydrogen (secondary N) is 2. The van der Waals surface area contributed by atoms with Crippen molar-refractivity contribution >= 4 is 12.0 Å². The highest BCUT2D eigenvalue weighted by molar-refractivity contribution is 5.85. The summed E-state index contributed by atoms with van der Waals surface area (Å²) < 4.78 is 5.20. The Bertz CT molecular complexity index is 426. The zero-order valence-corrected chi connectivity index (χ0v) is 15.0. The van der Waals surface area contributed by atoms with Gasteiger partial charge in [-0.15, -0.1) is 0 Å². The summed E-state index contributed by atoms with van der Waals surface area (Å²) >= 11 is 0. The van der Waals surface area contributed by atoms with E-state index in [0.717, 1.165) is 18.8 Å². The van der Waals surface area contributed by atoms with Crippen molar-refractivity contribution in [3.05, 3.63) is 0 Å². The normalized spacial score (nSPS) is 16.2. The van der Waals surface area contributed by atoms with Gasteiger partial charge in [-0.1, -0.05) is 46.0 Å². The van der Waals surface area contributed by atoms with Crippen LogP contribution in [0.25, 0.3) is 0 Å². The van der Waals surface area contributed by atoms with Gasteiger partial charge in [0.05, 0.1) is 12.7 Å². The number of nitriles is 1. The van der Waals surface area contributed by atoms with Crippen LogP contribution in [0.15, 0.2) is 0 Å². The first-order valence-electron chi connectivity index (χ1n) is 9.11. The molecule has 0 unspecified atom stereocenters. The van der Waals surface area contributed by atoms with Gasteiger partial charge in [-0.05, 0) is 31.1 Å². The Hall–Kier alpha value is -1.77. The molecule has 0 radical (unpaired) electrons. The van der Waals surface area contributed by atoms with Crippen molar-refractivity contribution in [3.63, 3.8) is 0 Å². The minimum absolute atomic E-state index is 0.0639. The largest absolute Gasteiger partial charge is 0.450 e. The molecule has 0 heterocycles. The summed E-state index contributed by atoms with van der Waals surface area (Å²) in [6.07, 6.45) is 8.50. The highest BCUT2D eigenvalue weighted by Crippen LogP contribution is 2.27. The van der Waals surface area contributed by atoms with Crippen molar-refractivity contribution in [1.82, 2.24) is 10.6 Å². The number of hydrogen-bond donors (Lipinski definition) is 2. The molecule has 136 valence electrons. The van der Waals surface area contributed by atoms with Gasteiger partial charge in [-0.2, -0.15) is 5.26 Å². The fourth-order valence-corrected chi connectivity index (χ4v) is 3.15. The molecule has 0 aromatic carbocycles. The molecule has 0 spiro atoms. The molecule has 0 aliphatic heterocycles. The van der Waals surface area contributed by atoms with Gasteiger partial charge in [-0.3, -0.25) is 4.79 Å². The van der Waals surface area contributed by atoms with E-state index in [2.05, 4.69) is 10.6 Å². The van der Waals surface area contributed by atoms with Gasteiger partial charge in [-0.25, -0.2) is 4.79 Å². The minimum Gasteiger partial charge on any atom is -0.450 e. The second-order valence-corrected chi connectivity index (χ2v) is 6.98. The maximum Gasteiger partial charge on any atom is 0.407 e. The number of hydrogen-bond acceptors (Lipinski definition) is 4. The summed E-state index contributed by atoms with van der Waals surface area (Å²) in [5, 5.41) is 13.6. The monoisotopic (exact) mass is 337 g/mol. The van der Waals surface area contributed by atoms with Crippen LogP contribution in [0.5, 0.6) is 0 Å². The van der Waals surface area contributed by atoms with Crippen LogP contribution in [0.1, 0.15) is 65.2 Å². The van der Waals surface area contributed by atoms with Crippen LogP contribution >= 0.6 is 0 Å². The molecule has 0 bridgehead atoms. The summed E-state index contributed by atoms with van der Waals surface area (Å²) in [5.41, 5.74) is 0. The Kier molecular flexibility index (Phi) is 9.90. The Morgan fingerprint density at radius 1 is 1.25 bits per heavy atom. The average Bonchev–Trinajstić information content (AvgIpc) is 2.56. The molecule has 1 fully saturated rings. The van der Waals surface area contributed by atoms with E-state index in [4.69, 9.17) is 10.00 Å². The third-order valence-corrected chi connectivity index (χ3v) is 4.37. The fourth-order valence-electron chi connectivity index (χ4n) is 3.15. The molecule has 6 heteroatoms. The predicted octanol–water partition coefficient (Wildman–Crippen LogP) is 3.13. The fraction of sp³-hybridized carbons (Fsp3) is 0.833. The van der Waals surface area contributed by atoms with E-state index in [9.17, 15) is 9.59 Å². The second kappa shape index (κ2) is 11.7. The van der Waals surface area contributed by atoms with E-state index in [0.29, 0.717) is 13.0 Å². The zero-order valence-electron chi connectivity index (χ0n) is 15.0. The number of rotatable bonds is 9. The molecular formula is C18H31N3O3. The number of carbonyl (C=O) groups excluding carboxylic acids is 2.